The van der Waals surface area contributed by atoms with Crippen molar-refractivity contribution >= 4 is 28.9 Å². The molecule has 2 aromatic rings. The van der Waals surface area contributed by atoms with Gasteiger partial charge in [0.25, 0.3) is 0 Å². The predicted molar refractivity (Wildman–Crippen MR) is 87.4 cm³/mol. The highest BCUT2D eigenvalue weighted by atomic mass is 35.7. The first-order valence-corrected chi connectivity index (χ1v) is 9.55. The Labute approximate surface area is 133 Å². The topological polar surface area (TPSA) is 36.9 Å². The van der Waals surface area contributed by atoms with Crippen molar-refractivity contribution < 1.29 is 18.5 Å². The lowest BCUT2D eigenvalue weighted by atomic mass is 10.3. The van der Waals surface area contributed by atoms with E-state index in [2.05, 4.69) is 0 Å². The third-order valence-corrected chi connectivity index (χ3v) is 4.24. The number of halogens is 1. The minimum Gasteiger partial charge on any atom is -0.493 e. The zero-order chi connectivity index (χ0) is 15.3. The molecule has 0 saturated carbocycles. The highest BCUT2D eigenvalue weighted by molar-refractivity contribution is 8.22. The quantitative estimate of drug-likeness (QED) is 0.714. The summed E-state index contributed by atoms with van der Waals surface area (Å²) in [5.41, 5.74) is 0. The van der Waals surface area contributed by atoms with Gasteiger partial charge in [-0.25, -0.2) is 0 Å². The predicted octanol–water partition coefficient (Wildman–Crippen LogP) is 4.62. The maximum atomic E-state index is 6.23. The van der Waals surface area contributed by atoms with Crippen LogP contribution in [0.2, 0.25) is 0 Å². The number of hydrogen-bond acceptors (Lipinski definition) is 5. The van der Waals surface area contributed by atoms with Gasteiger partial charge in [-0.2, -0.15) is 0 Å². The van der Waals surface area contributed by atoms with Crippen LogP contribution in [-0.4, -0.2) is 14.2 Å². The highest BCUT2D eigenvalue weighted by Gasteiger charge is 2.22. The number of para-hydroxylation sites is 4. The molecule has 0 bridgehead atoms. The van der Waals surface area contributed by atoms with Crippen molar-refractivity contribution in [3.8, 4) is 23.0 Å². The summed E-state index contributed by atoms with van der Waals surface area (Å²) < 4.78 is 21.6. The molecule has 2 aromatic carbocycles. The van der Waals surface area contributed by atoms with Gasteiger partial charge in [0.05, 0.1) is 14.2 Å². The molecule has 4 nitrogen and oxygen atoms in total. The lowest BCUT2D eigenvalue weighted by Crippen LogP contribution is -1.98. The minimum absolute atomic E-state index is 0.438. The maximum absolute atomic E-state index is 6.23. The van der Waals surface area contributed by atoms with E-state index in [0.29, 0.717) is 23.0 Å². The average Bonchev–Trinajstić information content (AvgIpc) is 2.47. The van der Waals surface area contributed by atoms with E-state index in [1.54, 1.807) is 50.6 Å². The number of methoxy groups -OCH3 is 2. The van der Waals surface area contributed by atoms with E-state index >= 15 is 0 Å². The van der Waals surface area contributed by atoms with Gasteiger partial charge in [-0.05, 0) is 35.5 Å². The molecule has 0 aliphatic carbocycles. The SMILES string of the molecule is COc1ccccc1OP(=S)(Cl)Oc1ccccc1OC. The summed E-state index contributed by atoms with van der Waals surface area (Å²) in [5.74, 6) is -1.12. The van der Waals surface area contributed by atoms with Crippen molar-refractivity contribution in [2.24, 2.45) is 0 Å². The Morgan fingerprint density at radius 3 is 1.43 bits per heavy atom. The largest absolute Gasteiger partial charge is 0.493 e. The van der Waals surface area contributed by atoms with Crippen LogP contribution in [0.15, 0.2) is 48.5 Å². The van der Waals surface area contributed by atoms with Crippen LogP contribution in [0.3, 0.4) is 0 Å². The Kier molecular flexibility index (Phi) is 5.34. The molecule has 7 heteroatoms. The molecule has 112 valence electrons. The molecule has 0 N–H and O–H groups in total. The summed E-state index contributed by atoms with van der Waals surface area (Å²) in [6.07, 6.45) is 0. The monoisotopic (exact) mass is 344 g/mol. The van der Waals surface area contributed by atoms with E-state index in [4.69, 9.17) is 41.6 Å². The second-order valence-electron chi connectivity index (χ2n) is 3.91. The van der Waals surface area contributed by atoms with Crippen molar-refractivity contribution in [1.82, 2.24) is 0 Å². The van der Waals surface area contributed by atoms with Crippen LogP contribution in [0.4, 0.5) is 0 Å². The van der Waals surface area contributed by atoms with Crippen LogP contribution in [-0.2, 0) is 11.8 Å². The van der Waals surface area contributed by atoms with E-state index in [0.717, 1.165) is 0 Å². The lowest BCUT2D eigenvalue weighted by molar-refractivity contribution is 0.382. The first kappa shape index (κ1) is 16.0. The molecule has 0 spiro atoms. The van der Waals surface area contributed by atoms with Crippen molar-refractivity contribution in [3.05, 3.63) is 48.5 Å². The summed E-state index contributed by atoms with van der Waals surface area (Å²) in [6.45, 7) is 0. The summed E-state index contributed by atoms with van der Waals surface area (Å²) in [4.78, 5) is 0. The Morgan fingerprint density at radius 1 is 0.762 bits per heavy atom. The van der Waals surface area contributed by atoms with E-state index in [9.17, 15) is 0 Å². The minimum atomic E-state index is -3.07. The standard InChI is InChI=1S/C14H14ClO4PS/c1-16-11-7-3-5-9-13(11)18-20(15,21)19-14-10-6-4-8-12(14)17-2/h3-10H,1-2H3. The maximum Gasteiger partial charge on any atom is 0.384 e. The van der Waals surface area contributed by atoms with Gasteiger partial charge in [0.1, 0.15) is 0 Å². The van der Waals surface area contributed by atoms with Gasteiger partial charge >= 0.3 is 5.84 Å². The van der Waals surface area contributed by atoms with Gasteiger partial charge in [-0.1, -0.05) is 24.3 Å². The van der Waals surface area contributed by atoms with Gasteiger partial charge in [-0.3, -0.25) is 0 Å². The smallest absolute Gasteiger partial charge is 0.384 e. The fourth-order valence-corrected chi connectivity index (χ4v) is 3.38. The molecule has 0 atom stereocenters. The second kappa shape index (κ2) is 7.03. The average molecular weight is 345 g/mol. The van der Waals surface area contributed by atoms with Gasteiger partial charge in [0.2, 0.25) is 0 Å². The van der Waals surface area contributed by atoms with Crippen molar-refractivity contribution in [3.63, 3.8) is 0 Å². The summed E-state index contributed by atoms with van der Waals surface area (Å²) in [5, 5.41) is 0. The third-order valence-electron chi connectivity index (χ3n) is 2.55. The molecular formula is C14H14ClO4PS. The normalized spacial score (nSPS) is 10.8. The fourth-order valence-electron chi connectivity index (χ4n) is 1.64. The first-order valence-electron chi connectivity index (χ1n) is 6.00. The van der Waals surface area contributed by atoms with Crippen LogP contribution in [0.5, 0.6) is 23.0 Å². The third kappa shape index (κ3) is 4.27. The van der Waals surface area contributed by atoms with E-state index in [1.807, 2.05) is 12.1 Å². The number of benzene rings is 2. The summed E-state index contributed by atoms with van der Waals surface area (Å²) in [6, 6.07) is 14.2. The van der Waals surface area contributed by atoms with Gasteiger partial charge in [-0.15, -0.1) is 0 Å². The van der Waals surface area contributed by atoms with Crippen LogP contribution in [0.1, 0.15) is 0 Å². The molecule has 0 unspecified atom stereocenters. The summed E-state index contributed by atoms with van der Waals surface area (Å²) in [7, 11) is 3.09. The van der Waals surface area contributed by atoms with Crippen molar-refractivity contribution in [1.29, 1.82) is 0 Å². The Hall–Kier alpha value is -1.42. The number of hydrogen-bond donors (Lipinski definition) is 0. The molecule has 0 aliphatic heterocycles. The van der Waals surface area contributed by atoms with Gasteiger partial charge in [0, 0.05) is 11.8 Å². The molecule has 0 radical (unpaired) electrons. The highest BCUT2D eigenvalue weighted by Crippen LogP contribution is 2.56. The zero-order valence-electron chi connectivity index (χ0n) is 11.5. The second-order valence-corrected chi connectivity index (χ2v) is 8.52. The Morgan fingerprint density at radius 2 is 1.10 bits per heavy atom. The molecule has 0 aliphatic rings. The lowest BCUT2D eigenvalue weighted by Gasteiger charge is -2.19. The zero-order valence-corrected chi connectivity index (χ0v) is 14.0. The van der Waals surface area contributed by atoms with Crippen LogP contribution in [0.25, 0.3) is 0 Å². The Balaban J connectivity index is 2.20. The molecule has 0 amide bonds. The first-order chi connectivity index (χ1) is 10.1. The molecule has 2 rings (SSSR count). The molecule has 0 saturated heterocycles. The Bertz CT molecular complexity index is 611. The van der Waals surface area contributed by atoms with E-state index in [-0.39, 0.29) is 0 Å². The van der Waals surface area contributed by atoms with Crippen LogP contribution < -0.4 is 18.5 Å². The van der Waals surface area contributed by atoms with Gasteiger partial charge < -0.3 is 18.5 Å². The molecule has 0 heterocycles. The number of ether oxygens (including phenoxy) is 2. The molecular weight excluding hydrogens is 331 g/mol. The fraction of sp³-hybridized carbons (Fsp3) is 0.143. The van der Waals surface area contributed by atoms with E-state index in [1.165, 1.54) is 0 Å². The van der Waals surface area contributed by atoms with Crippen LogP contribution >= 0.6 is 17.1 Å². The molecule has 0 aromatic heterocycles. The van der Waals surface area contributed by atoms with E-state index < -0.39 is 5.84 Å². The van der Waals surface area contributed by atoms with Crippen molar-refractivity contribution in [2.45, 2.75) is 0 Å². The van der Waals surface area contributed by atoms with Gasteiger partial charge in [0.15, 0.2) is 23.0 Å². The van der Waals surface area contributed by atoms with Crippen molar-refractivity contribution in [2.75, 3.05) is 14.2 Å². The molecule has 0 fully saturated rings. The number of rotatable bonds is 6. The molecule has 21 heavy (non-hydrogen) atoms. The summed E-state index contributed by atoms with van der Waals surface area (Å²) >= 11 is 11.5. The van der Waals surface area contributed by atoms with Crippen LogP contribution in [0, 0.1) is 0 Å².